The van der Waals surface area contributed by atoms with E-state index in [2.05, 4.69) is 25.4 Å². The lowest BCUT2D eigenvalue weighted by atomic mass is 9.98. The number of aromatic nitrogens is 4. The highest BCUT2D eigenvalue weighted by molar-refractivity contribution is 8.56. The average molecular weight is 648 g/mol. The summed E-state index contributed by atoms with van der Waals surface area (Å²) >= 11 is 0.695. The van der Waals surface area contributed by atoms with Gasteiger partial charge in [0.2, 0.25) is 23.6 Å². The Morgan fingerprint density at radius 3 is 2.74 bits per heavy atom. The molecule has 0 bridgehead atoms. The molecule has 0 radical (unpaired) electrons. The quantitative estimate of drug-likeness (QED) is 0.137. The Morgan fingerprint density at radius 1 is 1.40 bits per heavy atom. The topological polar surface area (TPSA) is 219 Å². The molecule has 2 amide bonds. The number of amides is 2. The maximum Gasteiger partial charge on any atom is 0.327 e. The Hall–Kier alpha value is -2.89. The van der Waals surface area contributed by atoms with Crippen LogP contribution in [0, 0.1) is 5.92 Å². The molecule has 2 aromatic rings. The summed E-state index contributed by atoms with van der Waals surface area (Å²) in [6.07, 6.45) is -3.85. The van der Waals surface area contributed by atoms with Gasteiger partial charge in [0, 0.05) is 12.2 Å². The minimum atomic E-state index is -4.04. The number of halogens is 1. The van der Waals surface area contributed by atoms with Crippen LogP contribution in [0.3, 0.4) is 0 Å². The van der Waals surface area contributed by atoms with E-state index in [9.17, 15) is 24.1 Å². The van der Waals surface area contributed by atoms with E-state index in [-0.39, 0.29) is 41.8 Å². The van der Waals surface area contributed by atoms with Gasteiger partial charge in [0.25, 0.3) is 0 Å². The molecule has 2 aliphatic heterocycles. The molecule has 2 fully saturated rings. The van der Waals surface area contributed by atoms with Crippen LogP contribution in [0.2, 0.25) is 0 Å². The number of ether oxygens (including phenoxy) is 3. The number of nitrogens with zero attached hydrogens (tertiary/aromatic N) is 4. The first kappa shape index (κ1) is 33.0. The molecule has 4 heterocycles. The van der Waals surface area contributed by atoms with E-state index in [1.807, 2.05) is 0 Å². The lowest BCUT2D eigenvalue weighted by Crippen LogP contribution is -2.41. The Balaban J connectivity index is 1.53. The van der Waals surface area contributed by atoms with Gasteiger partial charge in [-0.15, -0.1) is 0 Å². The summed E-state index contributed by atoms with van der Waals surface area (Å²) in [6.45, 7) is 3.21. The largest absolute Gasteiger partial charge is 0.476 e. The first-order chi connectivity index (χ1) is 20.1. The Morgan fingerprint density at radius 2 is 2.12 bits per heavy atom. The van der Waals surface area contributed by atoms with Crippen molar-refractivity contribution in [2.24, 2.45) is 5.92 Å². The van der Waals surface area contributed by atoms with Crippen LogP contribution in [0.4, 0.5) is 10.3 Å². The van der Waals surface area contributed by atoms with E-state index >= 15 is 4.39 Å². The van der Waals surface area contributed by atoms with Crippen LogP contribution in [0.5, 0.6) is 5.88 Å². The fraction of sp³-hybridized carbons (Fsp3) is 0.667. The number of rotatable bonds is 13. The third-order valence-corrected chi connectivity index (χ3v) is 10.8. The molecule has 2 aliphatic rings. The molecule has 238 valence electrons. The molecule has 2 unspecified atom stereocenters. The van der Waals surface area contributed by atoms with Gasteiger partial charge in [0.15, 0.2) is 23.1 Å². The predicted octanol–water partition coefficient (Wildman–Crippen LogP) is 1.24. The van der Waals surface area contributed by atoms with Crippen molar-refractivity contribution < 1.29 is 47.2 Å². The lowest BCUT2D eigenvalue weighted by Gasteiger charge is -2.25. The van der Waals surface area contributed by atoms with Crippen LogP contribution in [0.15, 0.2) is 6.33 Å². The number of imidazole rings is 1. The average Bonchev–Trinajstić information content (AvgIpc) is 3.54. The van der Waals surface area contributed by atoms with Gasteiger partial charge in [-0.3, -0.25) is 28.8 Å². The summed E-state index contributed by atoms with van der Waals surface area (Å²) in [5.41, 5.74) is 3.71. The molecular weight excluding hydrogens is 612 g/mol. The summed E-state index contributed by atoms with van der Waals surface area (Å²) in [4.78, 5) is 48.4. The summed E-state index contributed by atoms with van der Waals surface area (Å²) in [7, 11) is 0. The van der Waals surface area contributed by atoms with Crippen molar-refractivity contribution in [3.63, 3.8) is 0 Å². The van der Waals surface area contributed by atoms with Gasteiger partial charge < -0.3 is 29.6 Å². The second-order valence-corrected chi connectivity index (χ2v) is 14.8. The molecule has 43 heavy (non-hydrogen) atoms. The number of nitrogens with two attached hydrogens (primary N) is 1. The smallest absolute Gasteiger partial charge is 0.327 e. The number of carbonyl (C=O) groups is 3. The monoisotopic (exact) mass is 647 g/mol. The SMILES string of the molecule is CCOc1nc(N)nc2c1ncn2C1O[C@H](CO[P@](=O)(N[C@@H](C)C(=O)OC(C)C)SCC2CC(=O)NC2=O)[C@@H](O)[C@@]1(C)F. The summed E-state index contributed by atoms with van der Waals surface area (Å²) in [5, 5.41) is 15.7. The number of aliphatic hydroxyl groups is 1. The number of aliphatic hydroxyl groups excluding tert-OH is 1. The standard InChI is InChI=1S/C24H35FN7O9PS/c1-6-38-20-16-18(29-23(26)30-20)32(10-27-16)22-24(5,25)17(34)14(41-22)8-39-42(37,31-12(4)21(36)40-11(2)3)43-9-13-7-15(33)28-19(13)35/h10-14,17,22,34H,6-9H2,1-5H3,(H,31,37)(H2,26,29,30)(H,28,33,35)/t12-,13?,14+,17+,22?,24+,42+/m0/s1. The zero-order valence-corrected chi connectivity index (χ0v) is 25.9. The normalized spacial score (nSPS) is 27.8. The van der Waals surface area contributed by atoms with Crippen LogP contribution < -0.4 is 20.9 Å². The van der Waals surface area contributed by atoms with Crippen molar-refractivity contribution >= 4 is 53.0 Å². The van der Waals surface area contributed by atoms with Gasteiger partial charge in [-0.1, -0.05) is 11.4 Å². The van der Waals surface area contributed by atoms with Gasteiger partial charge in [0.1, 0.15) is 18.2 Å². The molecule has 19 heteroatoms. The number of alkyl halides is 1. The minimum Gasteiger partial charge on any atom is -0.476 e. The van der Waals surface area contributed by atoms with Gasteiger partial charge in [0.05, 0.1) is 31.6 Å². The first-order valence-electron chi connectivity index (χ1n) is 13.5. The van der Waals surface area contributed by atoms with Crippen molar-refractivity contribution in [3.8, 4) is 5.88 Å². The molecule has 16 nitrogen and oxygen atoms in total. The number of anilines is 1. The van der Waals surface area contributed by atoms with Gasteiger partial charge in [-0.25, -0.2) is 14.5 Å². The molecule has 5 N–H and O–H groups in total. The molecule has 4 rings (SSSR count). The molecule has 7 atom stereocenters. The van der Waals surface area contributed by atoms with Crippen LogP contribution in [0.25, 0.3) is 11.2 Å². The molecule has 2 aromatic heterocycles. The highest BCUT2D eigenvalue weighted by atomic mass is 32.7. The molecule has 2 saturated heterocycles. The van der Waals surface area contributed by atoms with E-state index in [0.29, 0.717) is 11.4 Å². The fourth-order valence-electron chi connectivity index (χ4n) is 4.50. The number of carbonyl (C=O) groups excluding carboxylic acids is 3. The highest BCUT2D eigenvalue weighted by Crippen LogP contribution is 2.58. The Kier molecular flexibility index (Phi) is 9.98. The number of hydrogen-bond acceptors (Lipinski definition) is 14. The highest BCUT2D eigenvalue weighted by Gasteiger charge is 2.56. The zero-order chi connectivity index (χ0) is 31.7. The first-order valence-corrected chi connectivity index (χ1v) is 16.7. The molecule has 0 aliphatic carbocycles. The maximum absolute atomic E-state index is 16.0. The van der Waals surface area contributed by atoms with Crippen LogP contribution in [-0.2, 0) is 32.9 Å². The molecule has 0 aromatic carbocycles. The third kappa shape index (κ3) is 7.26. The summed E-state index contributed by atoms with van der Waals surface area (Å²) in [6, 6.07) is -1.10. The van der Waals surface area contributed by atoms with E-state index in [1.54, 1.807) is 20.8 Å². The Labute approximate surface area is 250 Å². The second-order valence-electron chi connectivity index (χ2n) is 10.5. The van der Waals surface area contributed by atoms with Gasteiger partial charge in [-0.05, 0) is 34.6 Å². The number of hydrogen-bond donors (Lipinski definition) is 4. The van der Waals surface area contributed by atoms with Crippen LogP contribution in [0.1, 0.15) is 47.3 Å². The number of imide groups is 1. The molecular formula is C24H35FN7O9PS. The van der Waals surface area contributed by atoms with Crippen molar-refractivity contribution in [2.45, 2.75) is 77.3 Å². The maximum atomic E-state index is 16.0. The number of fused-ring (bicyclic) bond motifs is 1. The zero-order valence-electron chi connectivity index (χ0n) is 24.2. The van der Waals surface area contributed by atoms with E-state index < -0.39 is 73.3 Å². The van der Waals surface area contributed by atoms with Crippen molar-refractivity contribution in [3.05, 3.63) is 6.33 Å². The van der Waals surface area contributed by atoms with Crippen LogP contribution in [-0.4, -0.2) is 91.4 Å². The Bertz CT molecular complexity index is 1430. The second kappa shape index (κ2) is 13.0. The minimum absolute atomic E-state index is 0.0877. The van der Waals surface area contributed by atoms with E-state index in [4.69, 9.17) is 24.5 Å². The van der Waals surface area contributed by atoms with Crippen LogP contribution >= 0.6 is 18.1 Å². The molecule has 0 saturated carbocycles. The third-order valence-electron chi connectivity index (χ3n) is 6.63. The van der Waals surface area contributed by atoms with Crippen molar-refractivity contribution in [2.75, 3.05) is 24.7 Å². The van der Waals surface area contributed by atoms with E-state index in [1.165, 1.54) is 17.8 Å². The predicted molar refractivity (Wildman–Crippen MR) is 151 cm³/mol. The van der Waals surface area contributed by atoms with E-state index in [0.717, 1.165) is 6.92 Å². The number of nitrogens with one attached hydrogen (secondary N) is 2. The fourth-order valence-corrected chi connectivity index (χ4v) is 8.53. The lowest BCUT2D eigenvalue weighted by molar-refractivity contribution is -0.149. The van der Waals surface area contributed by atoms with Crippen molar-refractivity contribution in [1.29, 1.82) is 0 Å². The van der Waals surface area contributed by atoms with Gasteiger partial charge in [-0.2, -0.15) is 9.97 Å². The number of esters is 1. The molecule has 0 spiro atoms. The number of nitrogen functional groups attached to an aromatic ring is 1. The van der Waals surface area contributed by atoms with Gasteiger partial charge >= 0.3 is 12.7 Å². The summed E-state index contributed by atoms with van der Waals surface area (Å²) in [5.74, 6) is -2.61. The van der Waals surface area contributed by atoms with Crippen molar-refractivity contribution in [1.82, 2.24) is 29.9 Å². The summed E-state index contributed by atoms with van der Waals surface area (Å²) < 4.78 is 53.4.